The quantitative estimate of drug-likeness (QED) is 0.139. The van der Waals surface area contributed by atoms with Crippen LogP contribution in [0.25, 0.3) is 134 Å². The van der Waals surface area contributed by atoms with Crippen molar-refractivity contribution < 1.29 is 0 Å². The zero-order valence-corrected chi connectivity index (χ0v) is 41.6. The molecule has 0 aliphatic heterocycles. The Morgan fingerprint density at radius 2 is 0.590 bits per heavy atom. The number of aromatic nitrogens is 8. The third-order valence-corrected chi connectivity index (χ3v) is 14.3. The Hall–Kier alpha value is -11.2. The lowest BCUT2D eigenvalue weighted by atomic mass is 9.96. The molecule has 4 heterocycles. The molecule has 0 saturated heterocycles. The van der Waals surface area contributed by atoms with Crippen LogP contribution in [0.2, 0.25) is 0 Å². The molecule has 0 saturated carbocycles. The molecule has 78 heavy (non-hydrogen) atoms. The summed E-state index contributed by atoms with van der Waals surface area (Å²) in [5, 5.41) is 25.7. The summed E-state index contributed by atoms with van der Waals surface area (Å²) in [7, 11) is 0. The van der Waals surface area contributed by atoms with Crippen LogP contribution in [0, 0.1) is 22.7 Å². The van der Waals surface area contributed by atoms with Gasteiger partial charge >= 0.3 is 0 Å². The molecule has 14 rings (SSSR count). The van der Waals surface area contributed by atoms with Crippen LogP contribution in [0.15, 0.2) is 243 Å². The number of hydrogen-bond donors (Lipinski definition) is 0. The van der Waals surface area contributed by atoms with E-state index in [1.165, 1.54) is 0 Å². The summed E-state index contributed by atoms with van der Waals surface area (Å²) < 4.78 is 4.48. The average molecular weight is 997 g/mol. The van der Waals surface area contributed by atoms with Crippen LogP contribution in [0.5, 0.6) is 0 Å². The molecule has 0 unspecified atom stereocenters. The molecule has 4 aromatic heterocycles. The van der Waals surface area contributed by atoms with Crippen LogP contribution in [0.4, 0.5) is 0 Å². The van der Waals surface area contributed by atoms with E-state index in [9.17, 15) is 10.5 Å². The summed E-state index contributed by atoms with van der Waals surface area (Å²) in [5.41, 5.74) is 12.7. The monoisotopic (exact) mass is 996 g/mol. The van der Waals surface area contributed by atoms with Crippen LogP contribution in [-0.4, -0.2) is 39.0 Å². The van der Waals surface area contributed by atoms with E-state index in [0.717, 1.165) is 99.5 Å². The molecule has 0 bridgehead atoms. The minimum absolute atomic E-state index is 0.444. The Morgan fingerprint density at radius 1 is 0.256 bits per heavy atom. The summed E-state index contributed by atoms with van der Waals surface area (Å²) in [6.45, 7) is 0. The molecule has 10 nitrogen and oxygen atoms in total. The van der Waals surface area contributed by atoms with Crippen LogP contribution >= 0.6 is 0 Å². The fourth-order valence-corrected chi connectivity index (χ4v) is 10.7. The molecule has 0 spiro atoms. The maximum Gasteiger partial charge on any atom is 0.164 e. The topological polar surface area (TPSA) is 135 Å². The molecule has 10 heteroatoms. The van der Waals surface area contributed by atoms with Crippen molar-refractivity contribution in [3.63, 3.8) is 0 Å². The zero-order valence-electron chi connectivity index (χ0n) is 41.6. The summed E-state index contributed by atoms with van der Waals surface area (Å²) >= 11 is 0. The van der Waals surface area contributed by atoms with E-state index >= 15 is 0 Å². The second-order valence-corrected chi connectivity index (χ2v) is 18.9. The van der Waals surface area contributed by atoms with Gasteiger partial charge in [0, 0.05) is 60.5 Å². The van der Waals surface area contributed by atoms with Gasteiger partial charge in [0.05, 0.1) is 56.7 Å². The van der Waals surface area contributed by atoms with E-state index in [-0.39, 0.29) is 0 Å². The van der Waals surface area contributed by atoms with Crippen LogP contribution < -0.4 is 0 Å². The molecule has 0 amide bonds. The molecular formula is C68H40N10. The number of nitrogens with zero attached hydrogens (tertiary/aromatic N) is 10. The minimum atomic E-state index is 0.444. The Morgan fingerprint density at radius 3 is 0.974 bits per heavy atom. The first kappa shape index (κ1) is 45.4. The van der Waals surface area contributed by atoms with Crippen LogP contribution in [0.1, 0.15) is 11.1 Å². The van der Waals surface area contributed by atoms with Gasteiger partial charge in [0.25, 0.3) is 0 Å². The van der Waals surface area contributed by atoms with Gasteiger partial charge < -0.3 is 9.13 Å². The lowest BCUT2D eigenvalue weighted by Gasteiger charge is -2.21. The van der Waals surface area contributed by atoms with Crippen molar-refractivity contribution in [3.8, 4) is 103 Å². The van der Waals surface area contributed by atoms with Gasteiger partial charge in [-0.3, -0.25) is 0 Å². The summed E-state index contributed by atoms with van der Waals surface area (Å²) in [6.07, 6.45) is 0. The number of hydrogen-bond acceptors (Lipinski definition) is 8. The number of nitriles is 2. The second-order valence-electron chi connectivity index (χ2n) is 18.9. The van der Waals surface area contributed by atoms with Gasteiger partial charge in [-0.15, -0.1) is 0 Å². The third kappa shape index (κ3) is 7.89. The molecule has 0 radical (unpaired) electrons. The number of fused-ring (bicyclic) bond motifs is 6. The fraction of sp³-hybridized carbons (Fsp3) is 0. The van der Waals surface area contributed by atoms with Gasteiger partial charge in [0.1, 0.15) is 0 Å². The van der Waals surface area contributed by atoms with E-state index in [1.807, 2.05) is 182 Å². The second kappa shape index (κ2) is 18.9. The lowest BCUT2D eigenvalue weighted by Crippen LogP contribution is -2.05. The summed E-state index contributed by atoms with van der Waals surface area (Å²) in [5.74, 6) is 3.27. The van der Waals surface area contributed by atoms with Crippen LogP contribution in [-0.2, 0) is 0 Å². The van der Waals surface area contributed by atoms with Gasteiger partial charge in [-0.25, -0.2) is 29.9 Å². The zero-order chi connectivity index (χ0) is 52.1. The molecule has 0 aliphatic rings. The highest BCUT2D eigenvalue weighted by Crippen LogP contribution is 2.44. The van der Waals surface area contributed by atoms with E-state index in [0.29, 0.717) is 46.1 Å². The van der Waals surface area contributed by atoms with Gasteiger partial charge in [0.15, 0.2) is 34.9 Å². The standard InChI is InChI=1S/C68H40N10/c69-41-43-18-17-27-49(36-43)62-60(77-56-30-15-13-28-52(56)54-34-32-50(39-58(54)77)67-73-63(45-19-5-1-6-20-45)71-64(74-67)46-21-7-2-8-22-46)37-44(42-70)38-61(62)78-57-31-16-14-29-53(57)55-35-33-51(40-59(55)78)68-75-65(47-23-9-3-10-24-47)72-66(76-68)48-25-11-4-12-26-48/h1-40H. The predicted molar refractivity (Wildman–Crippen MR) is 309 cm³/mol. The first-order valence-electron chi connectivity index (χ1n) is 25.5. The summed E-state index contributed by atoms with van der Waals surface area (Å²) in [6, 6.07) is 85.7. The van der Waals surface area contributed by atoms with Crippen molar-refractivity contribution in [2.75, 3.05) is 0 Å². The Labute approximate surface area is 447 Å². The van der Waals surface area contributed by atoms with Gasteiger partial charge in [-0.1, -0.05) is 194 Å². The van der Waals surface area contributed by atoms with Gasteiger partial charge in [-0.2, -0.15) is 10.5 Å². The number of para-hydroxylation sites is 2. The molecule has 0 N–H and O–H groups in total. The highest BCUT2D eigenvalue weighted by atomic mass is 15.1. The average Bonchev–Trinajstić information content (AvgIpc) is 4.21. The maximum atomic E-state index is 11.2. The number of benzene rings is 10. The van der Waals surface area contributed by atoms with Crippen molar-refractivity contribution >= 4 is 43.6 Å². The molecular weight excluding hydrogens is 957 g/mol. The first-order valence-corrected chi connectivity index (χ1v) is 25.5. The van der Waals surface area contributed by atoms with Crippen molar-refractivity contribution in [1.29, 1.82) is 10.5 Å². The normalized spacial score (nSPS) is 11.3. The Kier molecular flexibility index (Phi) is 11.0. The minimum Gasteiger partial charge on any atom is -0.308 e. The highest BCUT2D eigenvalue weighted by molar-refractivity contribution is 6.13. The van der Waals surface area contributed by atoms with E-state index < -0.39 is 0 Å². The van der Waals surface area contributed by atoms with E-state index in [2.05, 4.69) is 81.9 Å². The molecule has 0 atom stereocenters. The largest absolute Gasteiger partial charge is 0.308 e. The van der Waals surface area contributed by atoms with Crippen molar-refractivity contribution in [1.82, 2.24) is 39.0 Å². The van der Waals surface area contributed by atoms with Crippen molar-refractivity contribution in [3.05, 3.63) is 254 Å². The third-order valence-electron chi connectivity index (χ3n) is 14.3. The molecule has 0 fully saturated rings. The van der Waals surface area contributed by atoms with Crippen LogP contribution in [0.3, 0.4) is 0 Å². The molecule has 10 aromatic carbocycles. The highest BCUT2D eigenvalue weighted by Gasteiger charge is 2.25. The predicted octanol–water partition coefficient (Wildman–Crippen LogP) is 15.7. The Bertz CT molecular complexity index is 4370. The van der Waals surface area contributed by atoms with E-state index in [4.69, 9.17) is 29.9 Å². The summed E-state index contributed by atoms with van der Waals surface area (Å²) in [4.78, 5) is 30.5. The van der Waals surface area contributed by atoms with Gasteiger partial charge in [0.2, 0.25) is 0 Å². The van der Waals surface area contributed by atoms with E-state index in [1.54, 1.807) is 0 Å². The SMILES string of the molecule is N#Cc1cccc(-c2c(-n3c4ccccc4c4ccc(-c5nc(-c6ccccc6)nc(-c6ccccc6)n5)cc43)cc(C#N)cc2-n2c3ccccc3c3ccc(-c4nc(-c5ccccc5)nc(-c5ccccc5)n4)cc32)c1. The number of rotatable bonds is 9. The Balaban J connectivity index is 1.05. The molecule has 14 aromatic rings. The molecule has 0 aliphatic carbocycles. The van der Waals surface area contributed by atoms with Crippen molar-refractivity contribution in [2.45, 2.75) is 0 Å². The lowest BCUT2D eigenvalue weighted by molar-refractivity contribution is 1.07. The van der Waals surface area contributed by atoms with Gasteiger partial charge in [-0.05, 0) is 54.1 Å². The molecule has 362 valence electrons. The fourth-order valence-electron chi connectivity index (χ4n) is 10.7. The maximum absolute atomic E-state index is 11.2. The first-order chi connectivity index (χ1) is 38.6. The smallest absolute Gasteiger partial charge is 0.164 e. The van der Waals surface area contributed by atoms with Crippen molar-refractivity contribution in [2.24, 2.45) is 0 Å².